The first-order valence-electron chi connectivity index (χ1n) is 9.45. The molecular formula is C19H25FN5O4+. The average molecular weight is 406 g/mol. The molecule has 0 radical (unpaired) electrons. The van der Waals surface area contributed by atoms with Gasteiger partial charge >= 0.3 is 6.09 Å². The van der Waals surface area contributed by atoms with Crippen LogP contribution in [-0.2, 0) is 14.2 Å². The molecule has 3 heterocycles. The largest absolute Gasteiger partial charge is 0.519 e. The molecule has 29 heavy (non-hydrogen) atoms. The summed E-state index contributed by atoms with van der Waals surface area (Å²) in [7, 11) is 0. The highest BCUT2D eigenvalue weighted by molar-refractivity contribution is 5.80. The summed E-state index contributed by atoms with van der Waals surface area (Å²) in [5.41, 5.74) is 0.901. The molecule has 0 aromatic carbocycles. The number of carbonyl (C=O) groups is 1. The van der Waals surface area contributed by atoms with Crippen LogP contribution in [0.1, 0.15) is 40.7 Å². The van der Waals surface area contributed by atoms with E-state index in [0.717, 1.165) is 0 Å². The molecule has 2 N–H and O–H groups in total. The number of halogens is 1. The first-order valence-corrected chi connectivity index (χ1v) is 9.45. The molecule has 2 aliphatic rings. The Balaban J connectivity index is 1.66. The number of ether oxygens (including phenoxy) is 3. The van der Waals surface area contributed by atoms with Crippen LogP contribution in [0.25, 0.3) is 11.2 Å². The van der Waals surface area contributed by atoms with E-state index in [0.29, 0.717) is 22.6 Å². The van der Waals surface area contributed by atoms with E-state index in [1.807, 2.05) is 0 Å². The van der Waals surface area contributed by atoms with Crippen molar-refractivity contribution in [3.63, 3.8) is 0 Å². The normalized spacial score (nSPS) is 25.9. The standard InChI is InChI=1S/C19H24FN5O4/c1-18(2,3)29-17(26)24-15-12-16(22-8-21-15)25(9-23-12)11-6-10(7-20)13-14(11)28-19(4,5)27-13/h6,8-9,11,13-14H,7H2,1-5H3,(H,21,22,24,26)/p+1. The Morgan fingerprint density at radius 1 is 1.31 bits per heavy atom. The number of amides is 1. The highest BCUT2D eigenvalue weighted by Gasteiger charge is 2.50. The highest BCUT2D eigenvalue weighted by Crippen LogP contribution is 2.44. The number of carbonyl (C=O) groups excluding carboxylic acids is 1. The van der Waals surface area contributed by atoms with Gasteiger partial charge in [0.2, 0.25) is 0 Å². The first-order chi connectivity index (χ1) is 13.6. The molecule has 10 heteroatoms. The van der Waals surface area contributed by atoms with Crippen molar-refractivity contribution in [3.05, 3.63) is 24.3 Å². The van der Waals surface area contributed by atoms with Gasteiger partial charge in [-0.15, -0.1) is 0 Å². The Labute approximate surface area is 167 Å². The van der Waals surface area contributed by atoms with Gasteiger partial charge in [0.1, 0.15) is 30.8 Å². The molecule has 1 aliphatic carbocycles. The monoisotopic (exact) mass is 406 g/mol. The Morgan fingerprint density at radius 3 is 2.76 bits per heavy atom. The molecule has 3 atom stereocenters. The maximum Gasteiger partial charge on any atom is 0.519 e. The van der Waals surface area contributed by atoms with E-state index >= 15 is 0 Å². The molecule has 4 rings (SSSR count). The SMILES string of the molecule is CC(C)(C)OC(=O)[NH2+]c1ncnc2c1ncn2C1C=C(CF)C2OC(C)(C)OC21. The zero-order valence-corrected chi connectivity index (χ0v) is 17.0. The summed E-state index contributed by atoms with van der Waals surface area (Å²) >= 11 is 0. The Kier molecular flexibility index (Phi) is 4.67. The number of rotatable bonds is 3. The van der Waals surface area contributed by atoms with Gasteiger partial charge in [0.05, 0.1) is 12.4 Å². The maximum absolute atomic E-state index is 13.5. The van der Waals surface area contributed by atoms with Gasteiger partial charge in [-0.25, -0.2) is 14.4 Å². The number of alkyl halides is 1. The number of aromatic nitrogens is 4. The van der Waals surface area contributed by atoms with E-state index in [2.05, 4.69) is 15.0 Å². The van der Waals surface area contributed by atoms with Crippen LogP contribution < -0.4 is 5.32 Å². The highest BCUT2D eigenvalue weighted by atomic mass is 19.1. The summed E-state index contributed by atoms with van der Waals surface area (Å²) in [6.45, 7) is 8.37. The summed E-state index contributed by atoms with van der Waals surface area (Å²) in [6, 6.07) is -0.332. The van der Waals surface area contributed by atoms with Gasteiger partial charge < -0.3 is 18.8 Å². The van der Waals surface area contributed by atoms with E-state index in [9.17, 15) is 9.18 Å². The topological polar surface area (TPSA) is 105 Å². The lowest BCUT2D eigenvalue weighted by Gasteiger charge is -2.21. The summed E-state index contributed by atoms with van der Waals surface area (Å²) in [6.07, 6.45) is 3.40. The second-order valence-electron chi connectivity index (χ2n) is 8.65. The maximum atomic E-state index is 13.5. The third-order valence-electron chi connectivity index (χ3n) is 4.74. The zero-order valence-electron chi connectivity index (χ0n) is 17.0. The lowest BCUT2D eigenvalue weighted by Crippen LogP contribution is -2.83. The number of fused-ring (bicyclic) bond motifs is 2. The zero-order chi connectivity index (χ0) is 21.0. The second kappa shape index (κ2) is 6.82. The van der Waals surface area contributed by atoms with Gasteiger partial charge in [-0.1, -0.05) is 6.08 Å². The van der Waals surface area contributed by atoms with Crippen LogP contribution in [0.5, 0.6) is 0 Å². The minimum atomic E-state index is -0.802. The molecule has 1 amide bonds. The molecule has 3 unspecified atom stereocenters. The van der Waals surface area contributed by atoms with Crippen molar-refractivity contribution in [3.8, 4) is 0 Å². The molecular weight excluding hydrogens is 381 g/mol. The predicted molar refractivity (Wildman–Crippen MR) is 100 cm³/mol. The van der Waals surface area contributed by atoms with Crippen molar-refractivity contribution in [2.24, 2.45) is 0 Å². The average Bonchev–Trinajstić information content (AvgIpc) is 3.24. The summed E-state index contributed by atoms with van der Waals surface area (Å²) < 4.78 is 32.6. The fourth-order valence-corrected chi connectivity index (χ4v) is 3.73. The van der Waals surface area contributed by atoms with Crippen molar-refractivity contribution in [2.45, 2.75) is 64.3 Å². The van der Waals surface area contributed by atoms with Crippen LogP contribution >= 0.6 is 0 Å². The van der Waals surface area contributed by atoms with Gasteiger partial charge in [0, 0.05) is 0 Å². The number of hydrogen-bond donors (Lipinski definition) is 1. The Bertz CT molecular complexity index is 981. The lowest BCUT2D eigenvalue weighted by molar-refractivity contribution is -0.488. The van der Waals surface area contributed by atoms with E-state index < -0.39 is 30.3 Å². The number of quaternary nitrogens is 1. The summed E-state index contributed by atoms with van der Waals surface area (Å²) in [5.74, 6) is -0.445. The van der Waals surface area contributed by atoms with Crippen molar-refractivity contribution in [2.75, 3.05) is 6.67 Å². The molecule has 156 valence electrons. The van der Waals surface area contributed by atoms with Crippen LogP contribution in [0, 0.1) is 0 Å². The molecule has 1 fully saturated rings. The van der Waals surface area contributed by atoms with Gasteiger partial charge in [0.15, 0.2) is 17.0 Å². The number of imidazole rings is 1. The van der Waals surface area contributed by atoms with Gasteiger partial charge in [-0.3, -0.25) is 0 Å². The minimum Gasteiger partial charge on any atom is -0.414 e. The van der Waals surface area contributed by atoms with E-state index in [1.54, 1.807) is 51.6 Å². The number of primary amides is 1. The molecule has 2 aromatic rings. The molecule has 2 aromatic heterocycles. The van der Waals surface area contributed by atoms with Crippen molar-refractivity contribution in [1.82, 2.24) is 19.5 Å². The number of nitrogens with two attached hydrogens (primary N) is 1. The molecule has 0 saturated carbocycles. The molecule has 1 saturated heterocycles. The predicted octanol–water partition coefficient (Wildman–Crippen LogP) is 1.93. The quantitative estimate of drug-likeness (QED) is 0.777. The molecule has 9 nitrogen and oxygen atoms in total. The van der Waals surface area contributed by atoms with E-state index in [4.69, 9.17) is 14.2 Å². The molecule has 0 bridgehead atoms. The van der Waals surface area contributed by atoms with Crippen LogP contribution in [0.2, 0.25) is 0 Å². The third kappa shape index (κ3) is 3.75. The van der Waals surface area contributed by atoms with Crippen LogP contribution in [0.4, 0.5) is 15.0 Å². The van der Waals surface area contributed by atoms with Gasteiger partial charge in [-0.05, 0) is 40.2 Å². The van der Waals surface area contributed by atoms with Crippen molar-refractivity contribution < 1.29 is 28.7 Å². The molecule has 0 spiro atoms. The lowest BCUT2D eigenvalue weighted by atomic mass is 10.1. The number of nitrogens with zero attached hydrogens (tertiary/aromatic N) is 4. The third-order valence-corrected chi connectivity index (χ3v) is 4.74. The van der Waals surface area contributed by atoms with Gasteiger partial charge in [0.25, 0.3) is 5.82 Å². The van der Waals surface area contributed by atoms with Crippen LogP contribution in [0.3, 0.4) is 0 Å². The number of hydrogen-bond acceptors (Lipinski definition) is 7. The Hall–Kier alpha value is -2.43. The van der Waals surface area contributed by atoms with E-state index in [1.165, 1.54) is 11.6 Å². The minimum absolute atomic E-state index is 0.332. The second-order valence-corrected chi connectivity index (χ2v) is 8.65. The smallest absolute Gasteiger partial charge is 0.414 e. The fourth-order valence-electron chi connectivity index (χ4n) is 3.73. The van der Waals surface area contributed by atoms with E-state index in [-0.39, 0.29) is 12.1 Å². The van der Waals surface area contributed by atoms with Crippen LogP contribution in [0.15, 0.2) is 24.3 Å². The van der Waals surface area contributed by atoms with Crippen molar-refractivity contribution in [1.29, 1.82) is 0 Å². The Morgan fingerprint density at radius 2 is 2.07 bits per heavy atom. The summed E-state index contributed by atoms with van der Waals surface area (Å²) in [5, 5.41) is 1.30. The van der Waals surface area contributed by atoms with Gasteiger partial charge in [-0.2, -0.15) is 15.1 Å². The van der Waals surface area contributed by atoms with Crippen molar-refractivity contribution >= 4 is 23.1 Å². The van der Waals surface area contributed by atoms with Crippen LogP contribution in [-0.4, -0.2) is 55.9 Å². The first kappa shape index (κ1) is 19.9. The fraction of sp³-hybridized carbons (Fsp3) is 0.579. The molecule has 1 aliphatic heterocycles. The summed E-state index contributed by atoms with van der Waals surface area (Å²) in [4.78, 5) is 25.1.